The van der Waals surface area contributed by atoms with Crippen molar-refractivity contribution in [2.75, 3.05) is 0 Å². The van der Waals surface area contributed by atoms with Crippen LogP contribution >= 0.6 is 11.3 Å². The van der Waals surface area contributed by atoms with Crippen LogP contribution in [0.5, 0.6) is 0 Å². The molecule has 0 unspecified atom stereocenters. The van der Waals surface area contributed by atoms with Crippen molar-refractivity contribution in [1.29, 1.82) is 0 Å². The summed E-state index contributed by atoms with van der Waals surface area (Å²) in [5.41, 5.74) is 7.86. The van der Waals surface area contributed by atoms with Crippen molar-refractivity contribution >= 4 is 102 Å². The maximum atomic E-state index is 6.27. The summed E-state index contributed by atoms with van der Waals surface area (Å²) in [5, 5.41) is 12.6. The second-order valence-corrected chi connectivity index (χ2v) is 13.1. The SMILES string of the molecule is c1ccc2c(c1)oc1cc(-c3ccc4c(c3)c3cccc5c6cccc7sc8cccc(c9ccccc9n4c53)c8c76)ccc12. The van der Waals surface area contributed by atoms with E-state index in [1.54, 1.807) is 0 Å². The molecule has 7 aromatic carbocycles. The first kappa shape index (κ1) is 23.8. The van der Waals surface area contributed by atoms with Crippen LogP contribution in [0.4, 0.5) is 0 Å². The maximum absolute atomic E-state index is 6.27. The molecular weight excluding hydrogens is 567 g/mol. The van der Waals surface area contributed by atoms with E-state index in [0.717, 1.165) is 27.5 Å². The summed E-state index contributed by atoms with van der Waals surface area (Å²) < 4.78 is 11.4. The molecule has 0 aliphatic carbocycles. The molecule has 0 bridgehead atoms. The lowest BCUT2D eigenvalue weighted by atomic mass is 9.99. The molecule has 0 aliphatic heterocycles. The van der Waals surface area contributed by atoms with Gasteiger partial charge in [0.25, 0.3) is 0 Å². The van der Waals surface area contributed by atoms with Gasteiger partial charge in [-0.1, -0.05) is 91.0 Å². The Kier molecular flexibility index (Phi) is 4.49. The molecule has 45 heavy (non-hydrogen) atoms. The lowest BCUT2D eigenvalue weighted by Gasteiger charge is -2.05. The minimum absolute atomic E-state index is 0.920. The number of furan rings is 1. The van der Waals surface area contributed by atoms with Gasteiger partial charge in [0.05, 0.1) is 16.6 Å². The number of rotatable bonds is 1. The molecule has 0 atom stereocenters. The Balaban J connectivity index is 1.33. The zero-order chi connectivity index (χ0) is 29.2. The van der Waals surface area contributed by atoms with E-state index in [0.29, 0.717) is 0 Å². The number of hydrogen-bond acceptors (Lipinski definition) is 2. The topological polar surface area (TPSA) is 17.6 Å². The van der Waals surface area contributed by atoms with Crippen LogP contribution in [0.3, 0.4) is 0 Å². The molecule has 0 saturated carbocycles. The quantitative estimate of drug-likeness (QED) is 0.186. The van der Waals surface area contributed by atoms with Gasteiger partial charge in [0.2, 0.25) is 0 Å². The van der Waals surface area contributed by atoms with Crippen LogP contribution in [-0.2, 0) is 0 Å². The Morgan fingerprint density at radius 3 is 1.82 bits per heavy atom. The molecule has 0 saturated heterocycles. The van der Waals surface area contributed by atoms with Crippen LogP contribution in [0.1, 0.15) is 0 Å². The Morgan fingerprint density at radius 2 is 0.978 bits per heavy atom. The second kappa shape index (κ2) is 8.50. The zero-order valence-electron chi connectivity index (χ0n) is 24.0. The van der Waals surface area contributed by atoms with Crippen molar-refractivity contribution in [3.8, 4) is 11.1 Å². The fraction of sp³-hybridized carbons (Fsp3) is 0. The van der Waals surface area contributed by atoms with Crippen molar-refractivity contribution in [3.63, 3.8) is 0 Å². The Hall–Kier alpha value is -5.64. The predicted octanol–water partition coefficient (Wildman–Crippen LogP) is 12.5. The molecule has 0 N–H and O–H groups in total. The molecule has 0 radical (unpaired) electrons. The highest BCUT2D eigenvalue weighted by Gasteiger charge is 2.18. The van der Waals surface area contributed by atoms with E-state index in [1.165, 1.54) is 74.6 Å². The molecule has 11 rings (SSSR count). The third kappa shape index (κ3) is 3.08. The molecular formula is C42H23NOS. The van der Waals surface area contributed by atoms with Crippen LogP contribution in [0.15, 0.2) is 144 Å². The molecule has 2 nitrogen and oxygen atoms in total. The van der Waals surface area contributed by atoms with E-state index < -0.39 is 0 Å². The van der Waals surface area contributed by atoms with Gasteiger partial charge < -0.3 is 8.82 Å². The van der Waals surface area contributed by atoms with Gasteiger partial charge in [-0.15, -0.1) is 11.3 Å². The third-order valence-electron chi connectivity index (χ3n) is 9.75. The highest BCUT2D eigenvalue weighted by Crippen LogP contribution is 2.45. The van der Waals surface area contributed by atoms with Crippen molar-refractivity contribution in [2.24, 2.45) is 0 Å². The van der Waals surface area contributed by atoms with E-state index in [2.05, 4.69) is 132 Å². The first-order valence-corrected chi connectivity index (χ1v) is 16.2. The highest BCUT2D eigenvalue weighted by atomic mass is 32.1. The largest absolute Gasteiger partial charge is 0.456 e. The van der Waals surface area contributed by atoms with Gasteiger partial charge in [0.1, 0.15) is 11.2 Å². The number of aromatic nitrogens is 1. The van der Waals surface area contributed by atoms with Gasteiger partial charge in [0, 0.05) is 52.5 Å². The van der Waals surface area contributed by atoms with Crippen LogP contribution in [0, 0.1) is 0 Å². The summed E-state index contributed by atoms with van der Waals surface area (Å²) in [4.78, 5) is 0. The Labute approximate surface area is 260 Å². The number of hydrogen-bond donors (Lipinski definition) is 0. The molecule has 4 aromatic heterocycles. The van der Waals surface area contributed by atoms with Crippen LogP contribution in [-0.4, -0.2) is 4.40 Å². The van der Waals surface area contributed by atoms with Gasteiger partial charge in [-0.05, 0) is 70.4 Å². The third-order valence-corrected chi connectivity index (χ3v) is 10.9. The van der Waals surface area contributed by atoms with Crippen LogP contribution < -0.4 is 0 Å². The number of benzene rings is 7. The Morgan fingerprint density at radius 1 is 0.400 bits per heavy atom. The van der Waals surface area contributed by atoms with E-state index in [1.807, 2.05) is 23.5 Å². The van der Waals surface area contributed by atoms with Gasteiger partial charge >= 0.3 is 0 Å². The normalized spacial score (nSPS) is 12.4. The summed E-state index contributed by atoms with van der Waals surface area (Å²) in [5.74, 6) is 0. The molecule has 208 valence electrons. The van der Waals surface area contributed by atoms with Crippen molar-refractivity contribution in [1.82, 2.24) is 4.40 Å². The maximum Gasteiger partial charge on any atom is 0.136 e. The second-order valence-electron chi connectivity index (χ2n) is 12.1. The standard InChI is InChI=1S/C42H23NOS/c1-3-14-34-26(8-1)29-10-6-16-38-40(29)41-30(11-7-17-39(41)45-38)31-12-5-13-32-33-22-24(19-21-35(33)43(34)42(31)32)25-18-20-28-27-9-2-4-15-36(27)44-37(28)23-25/h1-23H. The zero-order valence-corrected chi connectivity index (χ0v) is 24.9. The van der Waals surface area contributed by atoms with Gasteiger partial charge in [-0.3, -0.25) is 0 Å². The van der Waals surface area contributed by atoms with E-state index in [4.69, 9.17) is 4.42 Å². The van der Waals surface area contributed by atoms with Crippen molar-refractivity contribution < 1.29 is 4.42 Å². The number of fused-ring (bicyclic) bond motifs is 10. The van der Waals surface area contributed by atoms with Gasteiger partial charge in [-0.2, -0.15) is 0 Å². The predicted molar refractivity (Wildman–Crippen MR) is 193 cm³/mol. The summed E-state index contributed by atoms with van der Waals surface area (Å²) in [6.07, 6.45) is 0. The summed E-state index contributed by atoms with van der Waals surface area (Å²) in [6.45, 7) is 0. The van der Waals surface area contributed by atoms with Crippen molar-refractivity contribution in [3.05, 3.63) is 140 Å². The van der Waals surface area contributed by atoms with Crippen molar-refractivity contribution in [2.45, 2.75) is 0 Å². The molecule has 4 heterocycles. The van der Waals surface area contributed by atoms with Gasteiger partial charge in [0.15, 0.2) is 0 Å². The molecule has 0 aliphatic rings. The van der Waals surface area contributed by atoms with Gasteiger partial charge in [-0.25, -0.2) is 0 Å². The van der Waals surface area contributed by atoms with E-state index in [9.17, 15) is 0 Å². The summed E-state index contributed by atoms with van der Waals surface area (Å²) >= 11 is 1.89. The number of nitrogens with zero attached hydrogens (tertiary/aromatic N) is 1. The lowest BCUT2D eigenvalue weighted by molar-refractivity contribution is 0.669. The minimum Gasteiger partial charge on any atom is -0.456 e. The molecule has 0 amide bonds. The molecule has 11 aromatic rings. The molecule has 0 fully saturated rings. The summed E-state index contributed by atoms with van der Waals surface area (Å²) in [7, 11) is 0. The van der Waals surface area contributed by atoms with Crippen LogP contribution in [0.25, 0.3) is 102 Å². The highest BCUT2D eigenvalue weighted by molar-refractivity contribution is 7.26. The molecule has 3 heteroatoms. The first-order valence-electron chi connectivity index (χ1n) is 15.4. The van der Waals surface area contributed by atoms with E-state index in [-0.39, 0.29) is 0 Å². The monoisotopic (exact) mass is 589 g/mol. The average Bonchev–Trinajstić information content (AvgIpc) is 3.77. The smallest absolute Gasteiger partial charge is 0.136 e. The average molecular weight is 590 g/mol. The van der Waals surface area contributed by atoms with Crippen LogP contribution in [0.2, 0.25) is 0 Å². The fourth-order valence-electron chi connectivity index (χ4n) is 7.83. The lowest BCUT2D eigenvalue weighted by Crippen LogP contribution is -1.86. The number of thiophene rings is 1. The Bertz CT molecular complexity index is 3040. The summed E-state index contributed by atoms with van der Waals surface area (Å²) in [6, 6.07) is 51.2. The number of para-hydroxylation sites is 3. The van der Waals surface area contributed by atoms with E-state index >= 15 is 0 Å². The minimum atomic E-state index is 0.920. The fourth-order valence-corrected chi connectivity index (χ4v) is 8.99. The first-order chi connectivity index (χ1) is 22.3. The molecule has 0 spiro atoms.